The number of nitrogens with zero attached hydrogens (tertiary/aromatic N) is 2. The van der Waals surface area contributed by atoms with E-state index in [0.717, 1.165) is 16.4 Å². The third-order valence-corrected chi connectivity index (χ3v) is 6.04. The topological polar surface area (TPSA) is 108 Å². The smallest absolute Gasteiger partial charge is 0.371 e. The first-order valence-corrected chi connectivity index (χ1v) is 9.23. The van der Waals surface area contributed by atoms with Gasteiger partial charge in [-0.2, -0.15) is 4.31 Å². The van der Waals surface area contributed by atoms with Crippen molar-refractivity contribution >= 4 is 21.9 Å². The van der Waals surface area contributed by atoms with E-state index >= 15 is 0 Å². The molecule has 1 N–H and O–H groups in total. The van der Waals surface area contributed by atoms with E-state index in [4.69, 9.17) is 9.52 Å². The van der Waals surface area contributed by atoms with Crippen molar-refractivity contribution in [2.24, 2.45) is 0 Å². The number of halogens is 1. The fourth-order valence-electron chi connectivity index (χ4n) is 3.07. The molecule has 0 bridgehead atoms. The second-order valence-electron chi connectivity index (χ2n) is 5.90. The lowest BCUT2D eigenvalue weighted by atomic mass is 10.1. The van der Waals surface area contributed by atoms with Crippen molar-refractivity contribution in [3.8, 4) is 0 Å². The number of hydrogen-bond donors (Lipinski definition) is 1. The lowest BCUT2D eigenvalue weighted by Gasteiger charge is -2.30. The molecular formula is C15H17FN2O6S. The third-order valence-electron chi connectivity index (χ3n) is 4.26. The lowest BCUT2D eigenvalue weighted by molar-refractivity contribution is -0.134. The summed E-state index contributed by atoms with van der Waals surface area (Å²) in [7, 11) is -4.15. The average Bonchev–Trinajstić information content (AvgIpc) is 3.24. The molecule has 10 heteroatoms. The summed E-state index contributed by atoms with van der Waals surface area (Å²) < 4.78 is 44.8. The van der Waals surface area contributed by atoms with Gasteiger partial charge in [0, 0.05) is 13.1 Å². The molecule has 1 atom stereocenters. The van der Waals surface area contributed by atoms with Crippen LogP contribution < -0.4 is 0 Å². The molecular weight excluding hydrogens is 355 g/mol. The third kappa shape index (κ3) is 3.31. The van der Waals surface area contributed by atoms with Crippen LogP contribution in [0.1, 0.15) is 29.8 Å². The van der Waals surface area contributed by atoms with Crippen LogP contribution in [-0.4, -0.2) is 60.3 Å². The Hall–Kier alpha value is -2.20. The first-order valence-electron chi connectivity index (χ1n) is 7.79. The Kier molecular flexibility index (Phi) is 4.65. The number of furan rings is 1. The van der Waals surface area contributed by atoms with E-state index in [-0.39, 0.29) is 13.1 Å². The number of hydrogen-bond acceptors (Lipinski definition) is 5. The molecule has 0 saturated carbocycles. The number of amides is 1. The monoisotopic (exact) mass is 372 g/mol. The average molecular weight is 372 g/mol. The number of carbonyl (C=O) groups is 2. The Morgan fingerprint density at radius 3 is 2.68 bits per heavy atom. The molecule has 3 heterocycles. The molecule has 1 saturated heterocycles. The molecule has 25 heavy (non-hydrogen) atoms. The molecule has 1 fully saturated rings. The number of rotatable bonds is 4. The molecule has 1 aromatic rings. The van der Waals surface area contributed by atoms with Gasteiger partial charge in [-0.3, -0.25) is 4.79 Å². The summed E-state index contributed by atoms with van der Waals surface area (Å²) in [4.78, 5) is 24.8. The number of carbonyl (C=O) groups excluding carboxylic acids is 1. The van der Waals surface area contributed by atoms with Gasteiger partial charge in [-0.1, -0.05) is 0 Å². The fraction of sp³-hybridized carbons (Fsp3) is 0.467. The van der Waals surface area contributed by atoms with Crippen LogP contribution in [-0.2, 0) is 14.8 Å². The van der Waals surface area contributed by atoms with Gasteiger partial charge in [-0.05, 0) is 37.5 Å². The zero-order chi connectivity index (χ0) is 18.2. The first kappa shape index (κ1) is 17.6. The molecule has 1 aromatic heterocycles. The molecule has 0 spiro atoms. The Balaban J connectivity index is 1.83. The molecule has 0 aliphatic carbocycles. The van der Waals surface area contributed by atoms with Gasteiger partial charge >= 0.3 is 5.97 Å². The second-order valence-corrected chi connectivity index (χ2v) is 7.72. The van der Waals surface area contributed by atoms with E-state index in [1.54, 1.807) is 0 Å². The van der Waals surface area contributed by atoms with Gasteiger partial charge in [-0.15, -0.1) is 0 Å². The largest absolute Gasteiger partial charge is 0.475 e. The van der Waals surface area contributed by atoms with Gasteiger partial charge in [0.25, 0.3) is 10.0 Å². The lowest BCUT2D eigenvalue weighted by Crippen LogP contribution is -2.48. The van der Waals surface area contributed by atoms with Crippen LogP contribution in [0.2, 0.25) is 0 Å². The summed E-state index contributed by atoms with van der Waals surface area (Å²) in [6, 6.07) is 1.17. The van der Waals surface area contributed by atoms with Crippen LogP contribution in [0, 0.1) is 0 Å². The van der Waals surface area contributed by atoms with Gasteiger partial charge in [-0.25, -0.2) is 17.6 Å². The van der Waals surface area contributed by atoms with Crippen molar-refractivity contribution in [3.63, 3.8) is 0 Å². The van der Waals surface area contributed by atoms with E-state index in [2.05, 4.69) is 0 Å². The van der Waals surface area contributed by atoms with Crippen LogP contribution >= 0.6 is 0 Å². The number of carboxylic acid groups (broad SMARTS) is 1. The maximum atomic E-state index is 13.4. The highest BCUT2D eigenvalue weighted by atomic mass is 32.2. The SMILES string of the molecule is O=C(O)c1ccc(S(=O)(=O)N2CCCC2C(=O)N2CCC=C(F)C2)o1. The highest BCUT2D eigenvalue weighted by Gasteiger charge is 2.42. The molecule has 0 radical (unpaired) electrons. The molecule has 136 valence electrons. The van der Waals surface area contributed by atoms with Gasteiger partial charge in [0.1, 0.15) is 11.9 Å². The van der Waals surface area contributed by atoms with Crippen LogP contribution in [0.15, 0.2) is 33.5 Å². The minimum Gasteiger partial charge on any atom is -0.475 e. The Morgan fingerprint density at radius 2 is 2.04 bits per heavy atom. The Labute approximate surface area is 143 Å². The minimum atomic E-state index is -4.15. The van der Waals surface area contributed by atoms with Crippen LogP contribution in [0.4, 0.5) is 4.39 Å². The second kappa shape index (κ2) is 6.60. The summed E-state index contributed by atoms with van der Waals surface area (Å²) >= 11 is 0. The summed E-state index contributed by atoms with van der Waals surface area (Å²) in [5.41, 5.74) is 0. The van der Waals surface area contributed by atoms with E-state index < -0.39 is 44.6 Å². The van der Waals surface area contributed by atoms with Gasteiger partial charge in [0.05, 0.1) is 6.54 Å². The van der Waals surface area contributed by atoms with Crippen molar-refractivity contribution in [1.29, 1.82) is 0 Å². The molecule has 1 unspecified atom stereocenters. The normalized spacial score (nSPS) is 22.0. The molecule has 0 aromatic carbocycles. The van der Waals surface area contributed by atoms with Crippen LogP contribution in [0.3, 0.4) is 0 Å². The van der Waals surface area contributed by atoms with Crippen LogP contribution in [0.25, 0.3) is 0 Å². The maximum Gasteiger partial charge on any atom is 0.371 e. The minimum absolute atomic E-state index is 0.119. The Bertz CT molecular complexity index is 831. The van der Waals surface area contributed by atoms with Crippen LogP contribution in [0.5, 0.6) is 0 Å². The van der Waals surface area contributed by atoms with E-state index in [1.807, 2.05) is 0 Å². The predicted molar refractivity (Wildman–Crippen MR) is 83.0 cm³/mol. The van der Waals surface area contributed by atoms with Crippen molar-refractivity contribution in [1.82, 2.24) is 9.21 Å². The molecule has 2 aliphatic rings. The zero-order valence-electron chi connectivity index (χ0n) is 13.2. The highest BCUT2D eigenvalue weighted by molar-refractivity contribution is 7.89. The highest BCUT2D eigenvalue weighted by Crippen LogP contribution is 2.29. The zero-order valence-corrected chi connectivity index (χ0v) is 14.0. The quantitative estimate of drug-likeness (QED) is 0.851. The Morgan fingerprint density at radius 1 is 1.28 bits per heavy atom. The molecule has 8 nitrogen and oxygen atoms in total. The van der Waals surface area contributed by atoms with Crippen molar-refractivity contribution in [2.45, 2.75) is 30.4 Å². The van der Waals surface area contributed by atoms with E-state index in [0.29, 0.717) is 25.8 Å². The number of carboxylic acids is 1. The van der Waals surface area contributed by atoms with Crippen molar-refractivity contribution in [2.75, 3.05) is 19.6 Å². The maximum absolute atomic E-state index is 13.4. The number of sulfonamides is 1. The van der Waals surface area contributed by atoms with Gasteiger partial charge in [0.15, 0.2) is 0 Å². The van der Waals surface area contributed by atoms with Crippen molar-refractivity contribution < 1.29 is 31.9 Å². The van der Waals surface area contributed by atoms with E-state index in [1.165, 1.54) is 11.0 Å². The van der Waals surface area contributed by atoms with E-state index in [9.17, 15) is 22.4 Å². The molecule has 3 rings (SSSR count). The standard InChI is InChI=1S/C15H17FN2O6S/c16-10-3-1-7-17(9-10)14(19)11-4-2-8-18(11)25(22,23)13-6-5-12(24-13)15(20)21/h3,5-6,11H,1-2,4,7-9H2,(H,20,21). The predicted octanol–water partition coefficient (Wildman–Crippen LogP) is 1.22. The summed E-state index contributed by atoms with van der Waals surface area (Å²) in [6.45, 7) is 0.293. The first-order chi connectivity index (χ1) is 11.8. The van der Waals surface area contributed by atoms with Crippen molar-refractivity contribution in [3.05, 3.63) is 29.8 Å². The summed E-state index contributed by atoms with van der Waals surface area (Å²) in [6.07, 6.45) is 2.60. The molecule has 2 aliphatic heterocycles. The van der Waals surface area contributed by atoms with Gasteiger partial charge in [0.2, 0.25) is 16.8 Å². The molecule has 1 amide bonds. The van der Waals surface area contributed by atoms with Gasteiger partial charge < -0.3 is 14.4 Å². The fourth-order valence-corrected chi connectivity index (χ4v) is 4.63. The number of aromatic carboxylic acids is 1. The summed E-state index contributed by atoms with van der Waals surface area (Å²) in [5, 5.41) is 8.34. The summed E-state index contributed by atoms with van der Waals surface area (Å²) in [5.74, 6) is -2.74.